The molecule has 0 saturated carbocycles. The lowest BCUT2D eigenvalue weighted by molar-refractivity contribution is 0.0853. The highest BCUT2D eigenvalue weighted by molar-refractivity contribution is 7.90. The summed E-state index contributed by atoms with van der Waals surface area (Å²) in [7, 11) is -3.30. The van der Waals surface area contributed by atoms with Crippen LogP contribution in [0.15, 0.2) is 65.7 Å². The molecule has 0 amide bonds. The van der Waals surface area contributed by atoms with Crippen molar-refractivity contribution in [1.82, 2.24) is 10.3 Å². The van der Waals surface area contributed by atoms with E-state index in [4.69, 9.17) is 9.72 Å². The molecule has 33 heavy (non-hydrogen) atoms. The van der Waals surface area contributed by atoms with E-state index in [9.17, 15) is 8.42 Å². The summed E-state index contributed by atoms with van der Waals surface area (Å²) in [5, 5.41) is 6.75. The van der Waals surface area contributed by atoms with Crippen LogP contribution in [-0.4, -0.2) is 32.9 Å². The fraction of sp³-hybridized carbons (Fsp3) is 0.269. The Balaban J connectivity index is 1.48. The van der Waals surface area contributed by atoms with E-state index in [1.54, 1.807) is 18.2 Å². The Kier molecular flexibility index (Phi) is 5.91. The summed E-state index contributed by atoms with van der Waals surface area (Å²) in [5.74, 6) is 1.32. The first-order chi connectivity index (χ1) is 16.0. The fourth-order valence-corrected chi connectivity index (χ4v) is 5.05. The van der Waals surface area contributed by atoms with Gasteiger partial charge in [0.05, 0.1) is 10.6 Å². The molecular formula is C26H27N3O3S. The van der Waals surface area contributed by atoms with Crippen molar-refractivity contribution in [3.63, 3.8) is 0 Å². The van der Waals surface area contributed by atoms with Crippen LogP contribution in [0.25, 0.3) is 17.3 Å². The number of rotatable bonds is 5. The first-order valence-electron chi connectivity index (χ1n) is 11.2. The molecule has 1 saturated heterocycles. The third-order valence-electron chi connectivity index (χ3n) is 6.24. The lowest BCUT2D eigenvalue weighted by Crippen LogP contribution is -2.14. The molecule has 3 heterocycles. The SMILES string of the molecule is CS(=O)(=O)c1cccc(-c2cc3c(c(Nc4ccc(C5CCOCC5)cc4)n2)CNC=C3)c1. The van der Waals surface area contributed by atoms with Crippen molar-refractivity contribution in [1.29, 1.82) is 0 Å². The van der Waals surface area contributed by atoms with Gasteiger partial charge in [-0.25, -0.2) is 13.4 Å². The lowest BCUT2D eigenvalue weighted by atomic mass is 9.92. The molecule has 1 fully saturated rings. The van der Waals surface area contributed by atoms with Crippen molar-refractivity contribution >= 4 is 27.4 Å². The van der Waals surface area contributed by atoms with Crippen LogP contribution in [-0.2, 0) is 21.1 Å². The average Bonchev–Trinajstić information content (AvgIpc) is 2.84. The summed E-state index contributed by atoms with van der Waals surface area (Å²) in [6.45, 7) is 2.33. The number of nitrogens with zero attached hydrogens (tertiary/aromatic N) is 1. The first kappa shape index (κ1) is 21.7. The molecule has 0 atom stereocenters. The van der Waals surface area contributed by atoms with E-state index in [0.29, 0.717) is 12.5 Å². The zero-order chi connectivity index (χ0) is 22.8. The number of hydrogen-bond donors (Lipinski definition) is 2. The number of aromatic nitrogens is 1. The molecule has 0 bridgehead atoms. The number of ether oxygens (including phenoxy) is 1. The topological polar surface area (TPSA) is 80.3 Å². The summed E-state index contributed by atoms with van der Waals surface area (Å²) in [4.78, 5) is 5.18. The summed E-state index contributed by atoms with van der Waals surface area (Å²) in [5.41, 5.74) is 5.95. The third-order valence-corrected chi connectivity index (χ3v) is 7.35. The van der Waals surface area contributed by atoms with Gasteiger partial charge in [-0.1, -0.05) is 24.3 Å². The summed E-state index contributed by atoms with van der Waals surface area (Å²) < 4.78 is 29.6. The molecule has 170 valence electrons. The van der Waals surface area contributed by atoms with Crippen LogP contribution in [0.2, 0.25) is 0 Å². The highest BCUT2D eigenvalue weighted by Gasteiger charge is 2.18. The number of nitrogens with one attached hydrogen (secondary N) is 2. The van der Waals surface area contributed by atoms with Crippen LogP contribution in [0.5, 0.6) is 0 Å². The van der Waals surface area contributed by atoms with Gasteiger partial charge in [-0.2, -0.15) is 0 Å². The van der Waals surface area contributed by atoms with Crippen LogP contribution < -0.4 is 10.6 Å². The minimum Gasteiger partial charge on any atom is -0.387 e. The predicted molar refractivity (Wildman–Crippen MR) is 131 cm³/mol. The van der Waals surface area contributed by atoms with E-state index >= 15 is 0 Å². The largest absolute Gasteiger partial charge is 0.387 e. The maximum absolute atomic E-state index is 12.0. The van der Waals surface area contributed by atoms with Crippen molar-refractivity contribution in [2.24, 2.45) is 0 Å². The highest BCUT2D eigenvalue weighted by Crippen LogP contribution is 2.32. The highest BCUT2D eigenvalue weighted by atomic mass is 32.2. The second-order valence-corrected chi connectivity index (χ2v) is 10.6. The monoisotopic (exact) mass is 461 g/mol. The number of hydrogen-bond acceptors (Lipinski definition) is 6. The molecule has 0 unspecified atom stereocenters. The molecule has 2 aliphatic heterocycles. The van der Waals surface area contributed by atoms with Crippen molar-refractivity contribution in [2.75, 3.05) is 24.8 Å². The maximum atomic E-state index is 12.0. The number of pyridine rings is 1. The van der Waals surface area contributed by atoms with Crippen LogP contribution in [0.1, 0.15) is 35.4 Å². The second kappa shape index (κ2) is 9.00. The quantitative estimate of drug-likeness (QED) is 0.565. The van der Waals surface area contributed by atoms with Crippen molar-refractivity contribution < 1.29 is 13.2 Å². The van der Waals surface area contributed by atoms with Gasteiger partial charge in [-0.15, -0.1) is 0 Å². The molecule has 1 aromatic heterocycles. The molecule has 5 rings (SSSR count). The average molecular weight is 462 g/mol. The van der Waals surface area contributed by atoms with E-state index < -0.39 is 9.84 Å². The van der Waals surface area contributed by atoms with Gasteiger partial charge in [0.25, 0.3) is 0 Å². The van der Waals surface area contributed by atoms with Gasteiger partial charge < -0.3 is 15.4 Å². The van der Waals surface area contributed by atoms with Gasteiger partial charge in [0.15, 0.2) is 9.84 Å². The number of anilines is 2. The molecular weight excluding hydrogens is 434 g/mol. The minimum absolute atomic E-state index is 0.287. The van der Waals surface area contributed by atoms with E-state index in [-0.39, 0.29) is 4.90 Å². The molecule has 6 nitrogen and oxygen atoms in total. The third kappa shape index (κ3) is 4.79. The molecule has 3 aromatic rings. The minimum atomic E-state index is -3.30. The van der Waals surface area contributed by atoms with Crippen molar-refractivity contribution in [2.45, 2.75) is 30.2 Å². The van der Waals surface area contributed by atoms with Gasteiger partial charge in [-0.05, 0) is 72.5 Å². The molecule has 2 aliphatic rings. The summed E-state index contributed by atoms with van der Waals surface area (Å²) >= 11 is 0. The van der Waals surface area contributed by atoms with Crippen LogP contribution >= 0.6 is 0 Å². The number of benzene rings is 2. The van der Waals surface area contributed by atoms with Crippen LogP contribution in [0, 0.1) is 0 Å². The number of sulfone groups is 1. The smallest absolute Gasteiger partial charge is 0.175 e. The maximum Gasteiger partial charge on any atom is 0.175 e. The zero-order valence-electron chi connectivity index (χ0n) is 18.5. The Bertz CT molecular complexity index is 1290. The Morgan fingerprint density at radius 3 is 2.61 bits per heavy atom. The Morgan fingerprint density at radius 1 is 1.06 bits per heavy atom. The van der Waals surface area contributed by atoms with E-state index in [0.717, 1.165) is 59.9 Å². The molecule has 2 aromatic carbocycles. The van der Waals surface area contributed by atoms with Gasteiger partial charge in [0.1, 0.15) is 5.82 Å². The molecule has 2 N–H and O–H groups in total. The summed E-state index contributed by atoms with van der Waals surface area (Å²) in [6.07, 6.45) is 7.29. The molecule has 7 heteroatoms. The van der Waals surface area contributed by atoms with Crippen molar-refractivity contribution in [3.05, 3.63) is 77.5 Å². The Morgan fingerprint density at radius 2 is 1.85 bits per heavy atom. The van der Waals surface area contributed by atoms with E-state index in [1.165, 1.54) is 11.8 Å². The van der Waals surface area contributed by atoms with Gasteiger partial charge in [-0.3, -0.25) is 0 Å². The predicted octanol–water partition coefficient (Wildman–Crippen LogP) is 4.86. The molecule has 0 aliphatic carbocycles. The second-order valence-electron chi connectivity index (χ2n) is 8.57. The summed E-state index contributed by atoms with van der Waals surface area (Å²) in [6, 6.07) is 17.5. The molecule has 0 radical (unpaired) electrons. The first-order valence-corrected chi connectivity index (χ1v) is 13.1. The Hall–Kier alpha value is -3.16. The van der Waals surface area contributed by atoms with Gasteiger partial charge in [0, 0.05) is 42.8 Å². The van der Waals surface area contributed by atoms with Gasteiger partial charge in [0.2, 0.25) is 0 Å². The standard InChI is InChI=1S/C26H27N3O3S/c1-33(30,31)23-4-2-3-21(15-23)25-16-20-9-12-27-17-24(20)26(29-25)28-22-7-5-18(6-8-22)19-10-13-32-14-11-19/h2-9,12,15-16,19,27H,10-11,13-14,17H2,1H3,(H,28,29). The van der Waals surface area contributed by atoms with E-state index in [1.807, 2.05) is 24.4 Å². The fourth-order valence-electron chi connectivity index (χ4n) is 4.38. The van der Waals surface area contributed by atoms with Crippen molar-refractivity contribution in [3.8, 4) is 11.3 Å². The normalized spacial score (nSPS) is 16.2. The molecule has 0 spiro atoms. The van der Waals surface area contributed by atoms with Crippen LogP contribution in [0.4, 0.5) is 11.5 Å². The van der Waals surface area contributed by atoms with Gasteiger partial charge >= 0.3 is 0 Å². The van der Waals surface area contributed by atoms with Crippen LogP contribution in [0.3, 0.4) is 0 Å². The number of fused-ring (bicyclic) bond motifs is 1. The van der Waals surface area contributed by atoms with E-state index in [2.05, 4.69) is 34.9 Å². The lowest BCUT2D eigenvalue weighted by Gasteiger charge is -2.23. The zero-order valence-corrected chi connectivity index (χ0v) is 19.4. The Labute approximate surface area is 194 Å².